The zero-order valence-electron chi connectivity index (χ0n) is 26.7. The maximum Gasteiger partial charge on any atom is 0.469 e. The molecule has 0 saturated carbocycles. The van der Waals surface area contributed by atoms with E-state index in [0.29, 0.717) is 26.2 Å². The first-order chi connectivity index (χ1) is 22.4. The average molecular weight is 657 g/mol. The number of ether oxygens (including phenoxy) is 5. The molecule has 4 rings (SSSR count). The van der Waals surface area contributed by atoms with Gasteiger partial charge in [-0.25, -0.2) is 4.57 Å². The van der Waals surface area contributed by atoms with Gasteiger partial charge in [-0.2, -0.15) is 0 Å². The van der Waals surface area contributed by atoms with Gasteiger partial charge in [0.2, 0.25) is 0 Å². The Balaban J connectivity index is 1.57. The quantitative estimate of drug-likeness (QED) is 0.0925. The summed E-state index contributed by atoms with van der Waals surface area (Å²) in [7, 11) is -4.78. The van der Waals surface area contributed by atoms with Gasteiger partial charge in [-0.05, 0) is 36.0 Å². The minimum absolute atomic E-state index is 0.244. The topological polar surface area (TPSA) is 113 Å². The van der Waals surface area contributed by atoms with Gasteiger partial charge in [-0.3, -0.25) is 4.52 Å². The van der Waals surface area contributed by atoms with Crippen LogP contribution in [0.4, 0.5) is 0 Å². The molecule has 0 radical (unpaired) electrons. The molecule has 3 aromatic carbocycles. The lowest BCUT2D eigenvalue weighted by molar-refractivity contribution is -0.270. The van der Waals surface area contributed by atoms with Crippen LogP contribution < -0.4 is 0 Å². The first-order valence-corrected chi connectivity index (χ1v) is 17.9. The molecule has 5 unspecified atom stereocenters. The third-order valence-electron chi connectivity index (χ3n) is 7.91. The van der Waals surface area contributed by atoms with Crippen LogP contribution in [0.25, 0.3) is 0 Å². The molecule has 0 bridgehead atoms. The van der Waals surface area contributed by atoms with Gasteiger partial charge in [-0.1, -0.05) is 117 Å². The van der Waals surface area contributed by atoms with Crippen molar-refractivity contribution in [1.82, 2.24) is 0 Å². The van der Waals surface area contributed by atoms with E-state index in [1.165, 1.54) is 12.8 Å². The van der Waals surface area contributed by atoms with Crippen molar-refractivity contribution in [3.8, 4) is 0 Å². The number of hydrogen-bond donors (Lipinski definition) is 2. The minimum atomic E-state index is -4.78. The van der Waals surface area contributed by atoms with Crippen LogP contribution in [0, 0.1) is 0 Å². The van der Waals surface area contributed by atoms with Crippen LogP contribution in [0.1, 0.15) is 62.1 Å². The fraction of sp³-hybridized carbons (Fsp3) is 0.500. The van der Waals surface area contributed by atoms with E-state index >= 15 is 0 Å². The van der Waals surface area contributed by atoms with Crippen molar-refractivity contribution >= 4 is 7.82 Å². The van der Waals surface area contributed by atoms with Crippen LogP contribution >= 0.6 is 7.82 Å². The second-order valence-corrected chi connectivity index (χ2v) is 12.8. The number of phosphoric ester groups is 1. The number of unbranched alkanes of at least 4 members (excludes halogenated alkanes) is 3. The lowest BCUT2D eigenvalue weighted by Crippen LogP contribution is -2.61. The molecule has 10 heteroatoms. The molecule has 2 N–H and O–H groups in total. The molecule has 5 atom stereocenters. The maximum absolute atomic E-state index is 11.8. The molecule has 0 amide bonds. The number of rotatable bonds is 21. The van der Waals surface area contributed by atoms with Crippen molar-refractivity contribution in [2.45, 2.75) is 95.8 Å². The van der Waals surface area contributed by atoms with Crippen LogP contribution in [-0.2, 0) is 52.6 Å². The zero-order chi connectivity index (χ0) is 32.5. The predicted octanol–water partition coefficient (Wildman–Crippen LogP) is 7.00. The van der Waals surface area contributed by atoms with Gasteiger partial charge in [0, 0.05) is 13.2 Å². The highest BCUT2D eigenvalue weighted by molar-refractivity contribution is 7.46. The van der Waals surface area contributed by atoms with E-state index in [-0.39, 0.29) is 13.2 Å². The average Bonchev–Trinajstić information content (AvgIpc) is 3.07. The van der Waals surface area contributed by atoms with E-state index < -0.39 is 38.3 Å². The summed E-state index contributed by atoms with van der Waals surface area (Å²) in [5.74, 6) is 0. The summed E-state index contributed by atoms with van der Waals surface area (Å²) in [4.78, 5) is 19.2. The molecule has 1 aliphatic heterocycles. The third kappa shape index (κ3) is 13.0. The number of hydrogen-bond acceptors (Lipinski definition) is 7. The Labute approximate surface area is 273 Å². The Morgan fingerprint density at radius 1 is 0.630 bits per heavy atom. The maximum atomic E-state index is 11.8. The molecule has 0 aromatic heterocycles. The fourth-order valence-corrected chi connectivity index (χ4v) is 5.88. The molecule has 46 heavy (non-hydrogen) atoms. The highest BCUT2D eigenvalue weighted by Crippen LogP contribution is 2.39. The molecular weight excluding hydrogens is 607 g/mol. The monoisotopic (exact) mass is 656 g/mol. The standard InChI is InChI=1S/C36H49O9P/c1-2-3-4-14-23-40-24-15-22-32-34(41-25-29-16-8-5-9-17-29)36(43-27-31-20-12-7-13-21-31)35(33(45-32)28-44-46(37,38)39)42-26-30-18-10-6-11-19-30/h5-13,16-21,32-36H,2-4,14-15,22-28H2,1H3,(H2,37,38,39). The predicted molar refractivity (Wildman–Crippen MR) is 176 cm³/mol. The van der Waals surface area contributed by atoms with Gasteiger partial charge < -0.3 is 33.5 Å². The lowest BCUT2D eigenvalue weighted by Gasteiger charge is -2.46. The van der Waals surface area contributed by atoms with E-state index in [9.17, 15) is 14.4 Å². The smallest absolute Gasteiger partial charge is 0.381 e. The minimum Gasteiger partial charge on any atom is -0.381 e. The summed E-state index contributed by atoms with van der Waals surface area (Å²) >= 11 is 0. The van der Waals surface area contributed by atoms with Gasteiger partial charge in [-0.15, -0.1) is 0 Å². The summed E-state index contributed by atoms with van der Waals surface area (Å²) < 4.78 is 49.0. The molecule has 1 fully saturated rings. The summed E-state index contributed by atoms with van der Waals surface area (Å²) in [5, 5.41) is 0. The highest BCUT2D eigenvalue weighted by atomic mass is 31.2. The molecular formula is C36H49O9P. The summed E-state index contributed by atoms with van der Waals surface area (Å²) in [6.07, 6.45) is 2.68. The van der Waals surface area contributed by atoms with Crippen molar-refractivity contribution in [3.63, 3.8) is 0 Å². The molecule has 252 valence electrons. The van der Waals surface area contributed by atoms with Gasteiger partial charge in [0.15, 0.2) is 0 Å². The van der Waals surface area contributed by atoms with Gasteiger partial charge in [0.25, 0.3) is 0 Å². The fourth-order valence-electron chi connectivity index (χ4n) is 5.54. The van der Waals surface area contributed by atoms with Crippen molar-refractivity contribution < 1.29 is 42.6 Å². The molecule has 0 spiro atoms. The van der Waals surface area contributed by atoms with Gasteiger partial charge in [0.05, 0.1) is 32.5 Å². The van der Waals surface area contributed by atoms with E-state index in [1.807, 2.05) is 91.0 Å². The van der Waals surface area contributed by atoms with Crippen LogP contribution in [0.5, 0.6) is 0 Å². The van der Waals surface area contributed by atoms with E-state index in [1.54, 1.807) is 0 Å². The van der Waals surface area contributed by atoms with Crippen LogP contribution in [-0.4, -0.2) is 60.1 Å². The summed E-state index contributed by atoms with van der Waals surface area (Å²) in [6, 6.07) is 29.5. The van der Waals surface area contributed by atoms with Crippen molar-refractivity contribution in [2.24, 2.45) is 0 Å². The second-order valence-electron chi connectivity index (χ2n) is 11.6. The largest absolute Gasteiger partial charge is 0.469 e. The summed E-state index contributed by atoms with van der Waals surface area (Å²) in [6.45, 7) is 3.98. The molecule has 9 nitrogen and oxygen atoms in total. The van der Waals surface area contributed by atoms with E-state index in [0.717, 1.165) is 42.6 Å². The molecule has 0 aliphatic carbocycles. The van der Waals surface area contributed by atoms with Gasteiger partial charge >= 0.3 is 7.82 Å². The molecule has 3 aromatic rings. The molecule has 1 heterocycles. The first-order valence-electron chi connectivity index (χ1n) is 16.3. The Morgan fingerprint density at radius 3 is 1.61 bits per heavy atom. The zero-order valence-corrected chi connectivity index (χ0v) is 27.6. The Bertz CT molecular complexity index is 1260. The highest BCUT2D eigenvalue weighted by Gasteiger charge is 2.48. The normalized spacial score (nSPS) is 21.8. The van der Waals surface area contributed by atoms with E-state index in [2.05, 4.69) is 6.92 Å². The SMILES string of the molecule is CCCCCCOCCCC1OC(COP(=O)(O)O)C(OCc2ccccc2)C(OCc2ccccc2)C1OCc1ccccc1. The van der Waals surface area contributed by atoms with E-state index in [4.69, 9.17) is 28.2 Å². The third-order valence-corrected chi connectivity index (χ3v) is 8.40. The van der Waals surface area contributed by atoms with Gasteiger partial charge in [0.1, 0.15) is 24.4 Å². The summed E-state index contributed by atoms with van der Waals surface area (Å²) in [5.41, 5.74) is 2.93. The van der Waals surface area contributed by atoms with Crippen molar-refractivity contribution in [2.75, 3.05) is 19.8 Å². The van der Waals surface area contributed by atoms with Crippen molar-refractivity contribution in [1.29, 1.82) is 0 Å². The number of phosphoric acid groups is 1. The number of benzene rings is 3. The second kappa shape index (κ2) is 20.1. The Kier molecular flexibility index (Phi) is 15.9. The Hall–Kier alpha value is -2.43. The van der Waals surface area contributed by atoms with Crippen LogP contribution in [0.2, 0.25) is 0 Å². The van der Waals surface area contributed by atoms with Crippen LogP contribution in [0.3, 0.4) is 0 Å². The van der Waals surface area contributed by atoms with Crippen LogP contribution in [0.15, 0.2) is 91.0 Å². The lowest BCUT2D eigenvalue weighted by atomic mass is 9.92. The molecule has 1 aliphatic rings. The molecule has 1 saturated heterocycles. The Morgan fingerprint density at radius 2 is 1.11 bits per heavy atom. The first kappa shape index (κ1) is 36.4. The van der Waals surface area contributed by atoms with Crippen molar-refractivity contribution in [3.05, 3.63) is 108 Å².